The van der Waals surface area contributed by atoms with Gasteiger partial charge in [0.05, 0.1) is 17.7 Å². The Morgan fingerprint density at radius 3 is 2.62 bits per heavy atom. The third-order valence-corrected chi connectivity index (χ3v) is 8.87. The molecule has 7 heteroatoms. The van der Waals surface area contributed by atoms with E-state index in [4.69, 9.17) is 26.6 Å². The summed E-state index contributed by atoms with van der Waals surface area (Å²) in [5.74, 6) is 1.38. The molecule has 1 aliphatic carbocycles. The molecular weight excluding hydrogens is 450 g/mol. The SMILES string of the molecule is NC(=O)[C@@H](C1CCC(CCN2CCC(c3noc4cc(Cl)ccc34)CC2)CC1)C1CCCCO1. The van der Waals surface area contributed by atoms with Gasteiger partial charge in [-0.05, 0) is 95.0 Å². The lowest BCUT2D eigenvalue weighted by Gasteiger charge is -2.38. The standard InChI is InChI=1S/C27H38ClN3O3/c28-21-8-9-22-24(17-21)34-30-26(22)20-11-14-31(15-12-20)13-10-18-4-6-19(7-5-18)25(27(29)32)23-3-1-2-16-33-23/h8-9,17-20,23,25H,1-7,10-16H2,(H2,29,32)/t18?,19?,23?,25-/m0/s1. The van der Waals surface area contributed by atoms with Gasteiger partial charge in [-0.15, -0.1) is 0 Å². The summed E-state index contributed by atoms with van der Waals surface area (Å²) in [7, 11) is 0. The van der Waals surface area contributed by atoms with E-state index in [1.54, 1.807) is 0 Å². The van der Waals surface area contributed by atoms with E-state index >= 15 is 0 Å². The molecule has 0 radical (unpaired) electrons. The first-order valence-corrected chi connectivity index (χ1v) is 13.6. The first-order chi connectivity index (χ1) is 16.6. The molecule has 186 valence electrons. The normalized spacial score (nSPS) is 28.2. The molecule has 34 heavy (non-hydrogen) atoms. The second-order valence-corrected chi connectivity index (χ2v) is 11.2. The number of aromatic nitrogens is 1. The fourth-order valence-electron chi connectivity index (χ4n) is 6.62. The number of nitrogens with zero attached hydrogens (tertiary/aromatic N) is 2. The average molecular weight is 488 g/mol. The number of rotatable bonds is 7. The summed E-state index contributed by atoms with van der Waals surface area (Å²) >= 11 is 6.08. The molecule has 3 heterocycles. The first-order valence-electron chi connectivity index (χ1n) is 13.3. The number of carbonyl (C=O) groups excluding carboxylic acids is 1. The summed E-state index contributed by atoms with van der Waals surface area (Å²) in [6.07, 6.45) is 11.5. The van der Waals surface area contributed by atoms with E-state index in [0.717, 1.165) is 87.2 Å². The van der Waals surface area contributed by atoms with Gasteiger partial charge in [0.25, 0.3) is 0 Å². The van der Waals surface area contributed by atoms with Gasteiger partial charge in [0, 0.05) is 29.0 Å². The van der Waals surface area contributed by atoms with Crippen molar-refractivity contribution in [2.75, 3.05) is 26.2 Å². The predicted molar refractivity (Wildman–Crippen MR) is 134 cm³/mol. The van der Waals surface area contributed by atoms with Crippen molar-refractivity contribution >= 4 is 28.5 Å². The van der Waals surface area contributed by atoms with E-state index < -0.39 is 0 Å². The van der Waals surface area contributed by atoms with Crippen molar-refractivity contribution in [1.82, 2.24) is 10.1 Å². The number of amides is 1. The van der Waals surface area contributed by atoms with Crippen molar-refractivity contribution in [2.45, 2.75) is 76.2 Å². The van der Waals surface area contributed by atoms with Crippen LogP contribution in [0.3, 0.4) is 0 Å². The molecule has 0 spiro atoms. The molecule has 1 aromatic carbocycles. The van der Waals surface area contributed by atoms with Crippen molar-refractivity contribution in [3.05, 3.63) is 28.9 Å². The van der Waals surface area contributed by atoms with Crippen LogP contribution in [-0.2, 0) is 9.53 Å². The zero-order valence-electron chi connectivity index (χ0n) is 20.1. The maximum absolute atomic E-state index is 12.2. The van der Waals surface area contributed by atoms with Crippen molar-refractivity contribution < 1.29 is 14.1 Å². The molecular formula is C27H38ClN3O3. The van der Waals surface area contributed by atoms with E-state index in [1.165, 1.54) is 25.8 Å². The number of fused-ring (bicyclic) bond motifs is 1. The quantitative estimate of drug-likeness (QED) is 0.555. The lowest BCUT2D eigenvalue weighted by Crippen LogP contribution is -2.43. The van der Waals surface area contributed by atoms with Gasteiger partial charge in [-0.1, -0.05) is 29.6 Å². The number of nitrogens with two attached hydrogens (primary N) is 1. The van der Waals surface area contributed by atoms with Crippen LogP contribution in [0.2, 0.25) is 5.02 Å². The molecule has 2 aliphatic heterocycles. The van der Waals surface area contributed by atoms with Crippen LogP contribution < -0.4 is 5.73 Å². The molecule has 1 amide bonds. The number of carbonyl (C=O) groups is 1. The van der Waals surface area contributed by atoms with E-state index in [1.807, 2.05) is 18.2 Å². The highest BCUT2D eigenvalue weighted by atomic mass is 35.5. The van der Waals surface area contributed by atoms with Crippen molar-refractivity contribution in [3.8, 4) is 0 Å². The topological polar surface area (TPSA) is 81.6 Å². The zero-order chi connectivity index (χ0) is 23.5. The van der Waals surface area contributed by atoms with Gasteiger partial charge in [-0.2, -0.15) is 0 Å². The second kappa shape index (κ2) is 11.0. The van der Waals surface area contributed by atoms with Gasteiger partial charge in [0.1, 0.15) is 0 Å². The van der Waals surface area contributed by atoms with E-state index in [-0.39, 0.29) is 17.9 Å². The molecule has 1 aromatic heterocycles. The van der Waals surface area contributed by atoms with Gasteiger partial charge in [0.15, 0.2) is 5.58 Å². The largest absolute Gasteiger partial charge is 0.377 e. The predicted octanol–water partition coefficient (Wildman–Crippen LogP) is 5.53. The number of likely N-dealkylation sites (tertiary alicyclic amines) is 1. The minimum absolute atomic E-state index is 0.0490. The molecule has 0 bridgehead atoms. The van der Waals surface area contributed by atoms with Crippen LogP contribution in [0.5, 0.6) is 0 Å². The first kappa shape index (κ1) is 24.1. The molecule has 3 fully saturated rings. The zero-order valence-corrected chi connectivity index (χ0v) is 20.8. The van der Waals surface area contributed by atoms with Crippen molar-refractivity contribution in [2.24, 2.45) is 23.5 Å². The Bertz CT molecular complexity index is 957. The summed E-state index contributed by atoms with van der Waals surface area (Å²) < 4.78 is 11.5. The van der Waals surface area contributed by atoms with E-state index in [0.29, 0.717) is 16.9 Å². The third kappa shape index (κ3) is 5.44. The van der Waals surface area contributed by atoms with Gasteiger partial charge >= 0.3 is 0 Å². The maximum Gasteiger partial charge on any atom is 0.223 e. The minimum atomic E-state index is -0.152. The molecule has 2 N–H and O–H groups in total. The van der Waals surface area contributed by atoms with Gasteiger partial charge in [-0.25, -0.2) is 0 Å². The highest BCUT2D eigenvalue weighted by Crippen LogP contribution is 2.39. The maximum atomic E-state index is 12.2. The van der Waals surface area contributed by atoms with Crippen LogP contribution in [0, 0.1) is 17.8 Å². The third-order valence-electron chi connectivity index (χ3n) is 8.63. The molecule has 6 nitrogen and oxygen atoms in total. The van der Waals surface area contributed by atoms with Crippen LogP contribution in [-0.4, -0.2) is 48.3 Å². The van der Waals surface area contributed by atoms with Gasteiger partial charge < -0.3 is 19.9 Å². The summed E-state index contributed by atoms with van der Waals surface area (Å²) in [5, 5.41) is 6.17. The lowest BCUT2D eigenvalue weighted by molar-refractivity contribution is -0.133. The smallest absolute Gasteiger partial charge is 0.223 e. The van der Waals surface area contributed by atoms with Gasteiger partial charge in [0.2, 0.25) is 5.91 Å². The van der Waals surface area contributed by atoms with Crippen molar-refractivity contribution in [3.63, 3.8) is 0 Å². The summed E-state index contributed by atoms with van der Waals surface area (Å²) in [6.45, 7) is 4.18. The summed E-state index contributed by atoms with van der Waals surface area (Å²) in [6, 6.07) is 5.81. The van der Waals surface area contributed by atoms with Crippen LogP contribution in [0.15, 0.2) is 22.7 Å². The summed E-state index contributed by atoms with van der Waals surface area (Å²) in [4.78, 5) is 14.8. The molecule has 5 rings (SSSR count). The second-order valence-electron chi connectivity index (χ2n) is 10.7. The lowest BCUT2D eigenvalue weighted by atomic mass is 9.72. The monoisotopic (exact) mass is 487 g/mol. The minimum Gasteiger partial charge on any atom is -0.377 e. The number of ether oxygens (including phenoxy) is 1. The molecule has 2 saturated heterocycles. The Morgan fingerprint density at radius 1 is 1.12 bits per heavy atom. The van der Waals surface area contributed by atoms with E-state index in [2.05, 4.69) is 10.1 Å². The highest BCUT2D eigenvalue weighted by molar-refractivity contribution is 6.31. The Kier molecular flexibility index (Phi) is 7.77. The number of primary amides is 1. The molecule has 1 unspecified atom stereocenters. The number of hydrogen-bond donors (Lipinski definition) is 1. The molecule has 2 aromatic rings. The number of hydrogen-bond acceptors (Lipinski definition) is 5. The average Bonchev–Trinajstić information content (AvgIpc) is 3.27. The Balaban J connectivity index is 1.06. The van der Waals surface area contributed by atoms with E-state index in [9.17, 15) is 4.79 Å². The number of halogens is 1. The summed E-state index contributed by atoms with van der Waals surface area (Å²) in [5.41, 5.74) is 7.71. The molecule has 3 aliphatic rings. The van der Waals surface area contributed by atoms with Crippen molar-refractivity contribution in [1.29, 1.82) is 0 Å². The molecule has 2 atom stereocenters. The van der Waals surface area contributed by atoms with Crippen LogP contribution >= 0.6 is 11.6 Å². The van der Waals surface area contributed by atoms with Crippen LogP contribution in [0.1, 0.15) is 75.8 Å². The fraction of sp³-hybridized carbons (Fsp3) is 0.704. The number of benzene rings is 1. The van der Waals surface area contributed by atoms with Crippen LogP contribution in [0.25, 0.3) is 11.0 Å². The Morgan fingerprint density at radius 2 is 1.91 bits per heavy atom. The number of piperidine rings is 1. The Labute approximate surface area is 207 Å². The molecule has 1 saturated carbocycles. The van der Waals surface area contributed by atoms with Gasteiger partial charge in [-0.3, -0.25) is 4.79 Å². The highest BCUT2D eigenvalue weighted by Gasteiger charge is 2.37. The Hall–Kier alpha value is -1.63. The van der Waals surface area contributed by atoms with Crippen LogP contribution in [0.4, 0.5) is 0 Å². The fourth-order valence-corrected chi connectivity index (χ4v) is 6.79.